The minimum atomic E-state index is -4.08. The van der Waals surface area contributed by atoms with Gasteiger partial charge in [-0.3, -0.25) is 0 Å². The summed E-state index contributed by atoms with van der Waals surface area (Å²) in [6.07, 6.45) is 5.21. The van der Waals surface area contributed by atoms with E-state index in [-0.39, 0.29) is 12.8 Å². The molecule has 0 aliphatic heterocycles. The molecule has 0 bridgehead atoms. The van der Waals surface area contributed by atoms with E-state index >= 15 is 0 Å². The highest BCUT2D eigenvalue weighted by Crippen LogP contribution is 2.36. The average Bonchev–Trinajstić information content (AvgIpc) is 2.63. The standard InChI is InChI=1S/C16H23F3N2/c17-16(18,19)12-7-8-13-14(10-12)21-15(20-13)9-11-5-3-1-2-4-6-11/h11-12H,1-10H2,(H,20,21). The molecule has 1 aromatic rings. The van der Waals surface area contributed by atoms with Gasteiger partial charge in [-0.1, -0.05) is 38.5 Å². The summed E-state index contributed by atoms with van der Waals surface area (Å²) in [5.41, 5.74) is 1.60. The number of aromatic amines is 1. The highest BCUT2D eigenvalue weighted by molar-refractivity contribution is 5.19. The van der Waals surface area contributed by atoms with Gasteiger partial charge in [0.2, 0.25) is 0 Å². The molecule has 1 unspecified atom stereocenters. The lowest BCUT2D eigenvalue weighted by Crippen LogP contribution is -2.28. The largest absolute Gasteiger partial charge is 0.392 e. The van der Waals surface area contributed by atoms with Gasteiger partial charge in [-0.15, -0.1) is 0 Å². The normalized spacial score (nSPS) is 24.6. The van der Waals surface area contributed by atoms with Crippen molar-refractivity contribution in [3.05, 3.63) is 17.2 Å². The van der Waals surface area contributed by atoms with E-state index in [2.05, 4.69) is 9.97 Å². The first kappa shape index (κ1) is 14.9. The Morgan fingerprint density at radius 3 is 2.43 bits per heavy atom. The molecule has 5 heteroatoms. The number of nitrogens with one attached hydrogen (secondary N) is 1. The van der Waals surface area contributed by atoms with Gasteiger partial charge in [0.25, 0.3) is 0 Å². The summed E-state index contributed by atoms with van der Waals surface area (Å²) in [4.78, 5) is 7.76. The fourth-order valence-electron chi connectivity index (χ4n) is 3.76. The Morgan fingerprint density at radius 2 is 1.76 bits per heavy atom. The molecule has 118 valence electrons. The summed E-state index contributed by atoms with van der Waals surface area (Å²) in [6, 6.07) is 0. The highest BCUT2D eigenvalue weighted by atomic mass is 19.4. The maximum Gasteiger partial charge on any atom is 0.392 e. The summed E-state index contributed by atoms with van der Waals surface area (Å²) in [7, 11) is 0. The lowest BCUT2D eigenvalue weighted by Gasteiger charge is -2.23. The Kier molecular flexibility index (Phi) is 4.27. The molecule has 1 aromatic heterocycles. The first-order chi connectivity index (χ1) is 10.0. The number of aromatic nitrogens is 2. The van der Waals surface area contributed by atoms with Crippen LogP contribution in [0.3, 0.4) is 0 Å². The van der Waals surface area contributed by atoms with Gasteiger partial charge in [0, 0.05) is 18.5 Å². The Balaban J connectivity index is 1.66. The van der Waals surface area contributed by atoms with Crippen LogP contribution >= 0.6 is 0 Å². The topological polar surface area (TPSA) is 28.7 Å². The third kappa shape index (κ3) is 3.61. The molecule has 2 nitrogen and oxygen atoms in total. The smallest absolute Gasteiger partial charge is 0.346 e. The number of H-pyrrole nitrogens is 1. The Labute approximate surface area is 123 Å². The Bertz CT molecular complexity index is 470. The van der Waals surface area contributed by atoms with Crippen LogP contribution in [0, 0.1) is 11.8 Å². The lowest BCUT2D eigenvalue weighted by molar-refractivity contribution is -0.177. The maximum atomic E-state index is 12.8. The van der Waals surface area contributed by atoms with Crippen LogP contribution in [0.5, 0.6) is 0 Å². The van der Waals surface area contributed by atoms with Crippen molar-refractivity contribution in [3.8, 4) is 0 Å². The summed E-state index contributed by atoms with van der Waals surface area (Å²) in [6.45, 7) is 0. The quantitative estimate of drug-likeness (QED) is 0.795. The molecule has 0 amide bonds. The average molecular weight is 300 g/mol. The van der Waals surface area contributed by atoms with Crippen molar-refractivity contribution >= 4 is 0 Å². The van der Waals surface area contributed by atoms with E-state index in [1.54, 1.807) is 0 Å². The molecule has 0 radical (unpaired) electrons. The van der Waals surface area contributed by atoms with Crippen molar-refractivity contribution in [2.45, 2.75) is 70.4 Å². The number of alkyl halides is 3. The molecule has 3 rings (SSSR count). The number of rotatable bonds is 2. The predicted molar refractivity (Wildman–Crippen MR) is 75.1 cm³/mol. The number of aryl methyl sites for hydroxylation is 1. The number of fused-ring (bicyclic) bond motifs is 1. The van der Waals surface area contributed by atoms with E-state index in [4.69, 9.17) is 0 Å². The molecule has 1 heterocycles. The SMILES string of the molecule is FC(F)(F)C1CCc2nc(CC3CCCCCC3)[nH]c2C1. The van der Waals surface area contributed by atoms with Crippen LogP contribution in [0.1, 0.15) is 62.2 Å². The fraction of sp³-hybridized carbons (Fsp3) is 0.812. The van der Waals surface area contributed by atoms with E-state index < -0.39 is 12.1 Å². The van der Waals surface area contributed by atoms with Crippen LogP contribution in [0.15, 0.2) is 0 Å². The summed E-state index contributed by atoms with van der Waals surface area (Å²) in [5.74, 6) is 0.365. The van der Waals surface area contributed by atoms with Crippen molar-refractivity contribution in [3.63, 3.8) is 0 Å². The van der Waals surface area contributed by atoms with E-state index in [1.165, 1.54) is 38.5 Å². The second kappa shape index (κ2) is 6.01. The first-order valence-corrected chi connectivity index (χ1v) is 8.15. The van der Waals surface area contributed by atoms with Gasteiger partial charge in [-0.05, 0) is 18.8 Å². The Hall–Kier alpha value is -1.00. The zero-order valence-corrected chi connectivity index (χ0v) is 12.3. The molecule has 2 aliphatic carbocycles. The van der Waals surface area contributed by atoms with Gasteiger partial charge in [0.1, 0.15) is 5.82 Å². The fourth-order valence-corrected chi connectivity index (χ4v) is 3.76. The van der Waals surface area contributed by atoms with Crippen LogP contribution < -0.4 is 0 Å². The first-order valence-electron chi connectivity index (χ1n) is 8.15. The molecule has 0 spiro atoms. The van der Waals surface area contributed by atoms with E-state index in [1.807, 2.05) is 0 Å². The van der Waals surface area contributed by atoms with Crippen LogP contribution in [0.25, 0.3) is 0 Å². The van der Waals surface area contributed by atoms with Crippen LogP contribution in [-0.4, -0.2) is 16.1 Å². The van der Waals surface area contributed by atoms with Gasteiger partial charge < -0.3 is 4.98 Å². The summed E-state index contributed by atoms with van der Waals surface area (Å²) >= 11 is 0. The second-order valence-corrected chi connectivity index (χ2v) is 6.65. The lowest BCUT2D eigenvalue weighted by atomic mass is 9.89. The van der Waals surface area contributed by atoms with Crippen LogP contribution in [-0.2, 0) is 19.3 Å². The molecule has 1 fully saturated rings. The molecular weight excluding hydrogens is 277 g/mol. The molecule has 1 N–H and O–H groups in total. The molecular formula is C16H23F3N2. The van der Waals surface area contributed by atoms with Crippen LogP contribution in [0.2, 0.25) is 0 Å². The maximum absolute atomic E-state index is 12.8. The minimum absolute atomic E-state index is 0.0799. The van der Waals surface area contributed by atoms with Crippen molar-refractivity contribution < 1.29 is 13.2 Å². The van der Waals surface area contributed by atoms with Gasteiger partial charge in [-0.2, -0.15) is 13.2 Å². The monoisotopic (exact) mass is 300 g/mol. The second-order valence-electron chi connectivity index (χ2n) is 6.65. The third-order valence-corrected chi connectivity index (χ3v) is 5.01. The number of imidazole rings is 1. The van der Waals surface area contributed by atoms with Crippen molar-refractivity contribution in [2.75, 3.05) is 0 Å². The molecule has 21 heavy (non-hydrogen) atoms. The highest BCUT2D eigenvalue weighted by Gasteiger charge is 2.42. The molecule has 0 saturated heterocycles. The predicted octanol–water partition coefficient (Wildman–Crippen LogP) is 4.59. The molecule has 1 atom stereocenters. The number of nitrogens with zero attached hydrogens (tertiary/aromatic N) is 1. The zero-order valence-electron chi connectivity index (χ0n) is 12.3. The number of halogens is 3. The number of hydrogen-bond acceptors (Lipinski definition) is 1. The van der Waals surface area contributed by atoms with Gasteiger partial charge >= 0.3 is 6.18 Å². The van der Waals surface area contributed by atoms with Crippen molar-refractivity contribution in [1.29, 1.82) is 0 Å². The third-order valence-electron chi connectivity index (χ3n) is 5.01. The van der Waals surface area contributed by atoms with Gasteiger partial charge in [0.15, 0.2) is 0 Å². The number of hydrogen-bond donors (Lipinski definition) is 1. The summed E-state index contributed by atoms with van der Waals surface area (Å²) < 4.78 is 38.5. The van der Waals surface area contributed by atoms with Crippen molar-refractivity contribution in [1.82, 2.24) is 9.97 Å². The van der Waals surface area contributed by atoms with E-state index in [9.17, 15) is 13.2 Å². The molecule has 0 aromatic carbocycles. The summed E-state index contributed by atoms with van der Waals surface area (Å²) in [5, 5.41) is 0. The molecule has 1 saturated carbocycles. The van der Waals surface area contributed by atoms with Gasteiger partial charge in [-0.25, -0.2) is 4.98 Å². The van der Waals surface area contributed by atoms with E-state index in [0.717, 1.165) is 23.6 Å². The van der Waals surface area contributed by atoms with Crippen molar-refractivity contribution in [2.24, 2.45) is 11.8 Å². The Morgan fingerprint density at radius 1 is 1.05 bits per heavy atom. The minimum Gasteiger partial charge on any atom is -0.346 e. The molecule has 2 aliphatic rings. The van der Waals surface area contributed by atoms with E-state index in [0.29, 0.717) is 12.3 Å². The van der Waals surface area contributed by atoms with Gasteiger partial charge in [0.05, 0.1) is 11.6 Å². The zero-order chi connectivity index (χ0) is 14.9. The van der Waals surface area contributed by atoms with Crippen LogP contribution in [0.4, 0.5) is 13.2 Å².